The first kappa shape index (κ1) is 33.6. The van der Waals surface area contributed by atoms with Crippen LogP contribution in [0.5, 0.6) is 0 Å². The lowest BCUT2D eigenvalue weighted by Gasteiger charge is -2.28. The largest absolute Gasteiger partial charge is 0.310 e. The number of nitrogens with zero attached hydrogens (tertiary/aromatic N) is 1. The Morgan fingerprint density at radius 1 is 0.368 bits per heavy atom. The van der Waals surface area contributed by atoms with E-state index in [2.05, 4.69) is 219 Å². The molecule has 10 aromatic rings. The van der Waals surface area contributed by atoms with Crippen molar-refractivity contribution in [1.29, 1.82) is 0 Å². The third-order valence-corrected chi connectivity index (χ3v) is 13.2. The van der Waals surface area contributed by atoms with Gasteiger partial charge in [0.15, 0.2) is 0 Å². The average Bonchev–Trinajstić information content (AvgIpc) is 3.75. The summed E-state index contributed by atoms with van der Waals surface area (Å²) in [6, 6.07) is 73.8. The minimum Gasteiger partial charge on any atom is -0.310 e. The van der Waals surface area contributed by atoms with Crippen LogP contribution in [0.1, 0.15) is 25.0 Å². The number of benzene rings is 9. The monoisotopic (exact) mass is 745 g/mol. The summed E-state index contributed by atoms with van der Waals surface area (Å²) in [5.41, 5.74) is 16.1. The quantitative estimate of drug-likeness (QED) is 0.164. The highest BCUT2D eigenvalue weighted by atomic mass is 32.1. The summed E-state index contributed by atoms with van der Waals surface area (Å²) in [4.78, 5) is 2.45. The lowest BCUT2D eigenvalue weighted by molar-refractivity contribution is 0.660. The van der Waals surface area contributed by atoms with Gasteiger partial charge in [0.25, 0.3) is 0 Å². The van der Waals surface area contributed by atoms with Crippen molar-refractivity contribution in [1.82, 2.24) is 0 Å². The molecule has 1 aliphatic carbocycles. The first-order chi connectivity index (χ1) is 28.0. The molecule has 0 radical (unpaired) electrons. The molecule has 0 unspecified atom stereocenters. The van der Waals surface area contributed by atoms with Crippen LogP contribution < -0.4 is 4.90 Å². The number of hydrogen-bond acceptors (Lipinski definition) is 2. The molecule has 1 aromatic heterocycles. The fraction of sp³-hybridized carbons (Fsp3) is 0.0545. The van der Waals surface area contributed by atoms with Gasteiger partial charge in [-0.1, -0.05) is 172 Å². The average molecular weight is 746 g/mol. The zero-order valence-electron chi connectivity index (χ0n) is 31.9. The molecule has 11 rings (SSSR count). The highest BCUT2D eigenvalue weighted by molar-refractivity contribution is 7.25. The van der Waals surface area contributed by atoms with Gasteiger partial charge in [-0.15, -0.1) is 11.3 Å². The number of fused-ring (bicyclic) bond motifs is 7. The van der Waals surface area contributed by atoms with Gasteiger partial charge < -0.3 is 4.90 Å². The number of thiophene rings is 1. The summed E-state index contributed by atoms with van der Waals surface area (Å²) in [6.07, 6.45) is 0. The molecule has 1 aliphatic rings. The summed E-state index contributed by atoms with van der Waals surface area (Å²) in [7, 11) is 0. The van der Waals surface area contributed by atoms with Crippen LogP contribution in [0.4, 0.5) is 17.1 Å². The molecule has 0 saturated carbocycles. The Kier molecular flexibility index (Phi) is 7.77. The van der Waals surface area contributed by atoms with E-state index >= 15 is 0 Å². The molecule has 0 spiro atoms. The van der Waals surface area contributed by atoms with Crippen LogP contribution in [0.3, 0.4) is 0 Å². The minimum absolute atomic E-state index is 0.166. The molecular weight excluding hydrogens is 707 g/mol. The minimum atomic E-state index is -0.166. The van der Waals surface area contributed by atoms with Crippen molar-refractivity contribution in [2.45, 2.75) is 19.3 Å². The predicted octanol–water partition coefficient (Wildman–Crippen LogP) is 16.0. The molecule has 57 heavy (non-hydrogen) atoms. The van der Waals surface area contributed by atoms with Crippen LogP contribution in [0.2, 0.25) is 0 Å². The topological polar surface area (TPSA) is 3.24 Å². The smallest absolute Gasteiger partial charge is 0.0476 e. The molecule has 270 valence electrons. The van der Waals surface area contributed by atoms with Crippen LogP contribution in [0.25, 0.3) is 75.5 Å². The van der Waals surface area contributed by atoms with Gasteiger partial charge in [-0.3, -0.25) is 0 Å². The Labute approximate surface area is 337 Å². The van der Waals surface area contributed by atoms with Crippen molar-refractivity contribution >= 4 is 59.3 Å². The van der Waals surface area contributed by atoms with E-state index in [9.17, 15) is 0 Å². The standard InChI is InChI=1S/C55H39NS/c1-55(2)49-22-13-21-44(36-14-5-3-6-15-36)54(49)48-33-30-41(34-50(48)55)56(42-29-32-47-46-20-11-12-23-51(46)57-52(47)35-42)40-27-24-38(25-28-40)45-31-26-37-16-9-10-19-43(37)53(45)39-17-7-4-8-18-39/h3-35H,1-2H3. The molecule has 2 heteroatoms. The maximum Gasteiger partial charge on any atom is 0.0476 e. The number of hydrogen-bond donors (Lipinski definition) is 0. The van der Waals surface area contributed by atoms with Crippen molar-refractivity contribution < 1.29 is 0 Å². The molecule has 0 amide bonds. The molecule has 0 N–H and O–H groups in total. The lowest BCUT2D eigenvalue weighted by Crippen LogP contribution is -2.16. The molecule has 1 heterocycles. The van der Waals surface area contributed by atoms with E-state index in [4.69, 9.17) is 0 Å². The fourth-order valence-corrected chi connectivity index (χ4v) is 10.4. The predicted molar refractivity (Wildman–Crippen MR) is 245 cm³/mol. The van der Waals surface area contributed by atoms with Crippen LogP contribution >= 0.6 is 11.3 Å². The van der Waals surface area contributed by atoms with Gasteiger partial charge in [0, 0.05) is 42.6 Å². The zero-order valence-corrected chi connectivity index (χ0v) is 32.7. The van der Waals surface area contributed by atoms with Crippen LogP contribution in [-0.2, 0) is 5.41 Å². The number of anilines is 3. The van der Waals surface area contributed by atoms with Gasteiger partial charge in [0.2, 0.25) is 0 Å². The molecule has 1 nitrogen and oxygen atoms in total. The maximum atomic E-state index is 2.45. The van der Waals surface area contributed by atoms with Gasteiger partial charge in [0.05, 0.1) is 0 Å². The molecule has 9 aromatic carbocycles. The zero-order chi connectivity index (χ0) is 38.1. The Hall–Kier alpha value is -6.74. The first-order valence-corrected chi connectivity index (χ1v) is 20.6. The van der Waals surface area contributed by atoms with Crippen molar-refractivity contribution in [3.05, 3.63) is 211 Å². The van der Waals surface area contributed by atoms with Crippen molar-refractivity contribution in [2.24, 2.45) is 0 Å². The van der Waals surface area contributed by atoms with E-state index in [0.29, 0.717) is 0 Å². The van der Waals surface area contributed by atoms with E-state index < -0.39 is 0 Å². The molecule has 0 saturated heterocycles. The van der Waals surface area contributed by atoms with E-state index in [1.54, 1.807) is 0 Å². The van der Waals surface area contributed by atoms with Crippen molar-refractivity contribution in [3.63, 3.8) is 0 Å². The van der Waals surface area contributed by atoms with Crippen LogP contribution in [-0.4, -0.2) is 0 Å². The fourth-order valence-electron chi connectivity index (χ4n) is 9.29. The van der Waals surface area contributed by atoms with Gasteiger partial charge in [-0.05, 0) is 109 Å². The SMILES string of the molecule is CC1(C)c2cc(N(c3ccc(-c4ccc5ccccc5c4-c4ccccc4)cc3)c3ccc4c(c3)sc3ccccc34)ccc2-c2c(-c3ccccc3)cccc21. The Balaban J connectivity index is 1.08. The molecule has 0 aliphatic heterocycles. The first-order valence-electron chi connectivity index (χ1n) is 19.8. The van der Waals surface area contributed by atoms with Crippen molar-refractivity contribution in [3.8, 4) is 44.5 Å². The van der Waals surface area contributed by atoms with Gasteiger partial charge in [-0.25, -0.2) is 0 Å². The lowest BCUT2D eigenvalue weighted by atomic mass is 9.81. The Morgan fingerprint density at radius 3 is 1.77 bits per heavy atom. The van der Waals surface area contributed by atoms with Gasteiger partial charge in [0.1, 0.15) is 0 Å². The second-order valence-corrected chi connectivity index (χ2v) is 16.8. The molecule has 0 fully saturated rings. The Morgan fingerprint density at radius 2 is 0.965 bits per heavy atom. The highest BCUT2D eigenvalue weighted by Crippen LogP contribution is 2.54. The Bertz CT molecular complexity index is 3140. The van der Waals surface area contributed by atoms with E-state index in [1.165, 1.54) is 86.6 Å². The summed E-state index contributed by atoms with van der Waals surface area (Å²) < 4.78 is 2.61. The summed E-state index contributed by atoms with van der Waals surface area (Å²) >= 11 is 1.87. The second kappa shape index (κ2) is 13.2. The van der Waals surface area contributed by atoms with Gasteiger partial charge >= 0.3 is 0 Å². The normalized spacial score (nSPS) is 12.9. The van der Waals surface area contributed by atoms with E-state index in [0.717, 1.165) is 17.1 Å². The van der Waals surface area contributed by atoms with Gasteiger partial charge in [-0.2, -0.15) is 0 Å². The molecular formula is C55H39NS. The third-order valence-electron chi connectivity index (χ3n) is 12.1. The summed E-state index contributed by atoms with van der Waals surface area (Å²) in [5, 5.41) is 5.13. The highest BCUT2D eigenvalue weighted by Gasteiger charge is 2.37. The summed E-state index contributed by atoms with van der Waals surface area (Å²) in [6.45, 7) is 4.76. The second-order valence-electron chi connectivity index (χ2n) is 15.7. The van der Waals surface area contributed by atoms with Crippen molar-refractivity contribution in [2.75, 3.05) is 4.90 Å². The van der Waals surface area contributed by atoms with Crippen LogP contribution in [0, 0.1) is 0 Å². The maximum absolute atomic E-state index is 2.45. The third kappa shape index (κ3) is 5.44. The summed E-state index contributed by atoms with van der Waals surface area (Å²) in [5.74, 6) is 0. The molecule has 0 atom stereocenters. The molecule has 0 bridgehead atoms. The van der Waals surface area contributed by atoms with Crippen LogP contribution in [0.15, 0.2) is 200 Å². The number of rotatable bonds is 6. The van der Waals surface area contributed by atoms with E-state index in [-0.39, 0.29) is 5.41 Å². The van der Waals surface area contributed by atoms with E-state index in [1.807, 2.05) is 11.3 Å².